The second-order valence-corrected chi connectivity index (χ2v) is 2.07. The first kappa shape index (κ1) is 4.56. The van der Waals surface area contributed by atoms with E-state index in [2.05, 4.69) is 4.98 Å². The van der Waals surface area contributed by atoms with E-state index in [4.69, 9.17) is 5.41 Å². The van der Waals surface area contributed by atoms with Gasteiger partial charge in [-0.15, -0.1) is 0 Å². The maximum atomic E-state index is 7.34. The molecule has 0 saturated carbocycles. The fourth-order valence-corrected chi connectivity index (χ4v) is 1.01. The third-order valence-corrected chi connectivity index (χ3v) is 1.50. The number of fused-ring (bicyclic) bond motifs is 1. The monoisotopic (exact) mass is 118 g/mol. The highest BCUT2D eigenvalue weighted by molar-refractivity contribution is 6.15. The summed E-state index contributed by atoms with van der Waals surface area (Å²) in [5.41, 5.74) is 2.74. The van der Waals surface area contributed by atoms with E-state index < -0.39 is 0 Å². The molecule has 0 fully saturated rings. The molecule has 0 radical (unpaired) electrons. The largest absolute Gasteiger partial charge is 0.366 e. The average molecular weight is 118 g/mol. The van der Waals surface area contributed by atoms with E-state index in [-0.39, 0.29) is 0 Å². The standard InChI is InChI=1S/C7H6N2/c8-7-2-1-5-3-9-4-6(5)7/h1-4,8-9H. The number of aromatic nitrogens is 1. The molecule has 1 aromatic rings. The van der Waals surface area contributed by atoms with Crippen LogP contribution in [0.2, 0.25) is 0 Å². The summed E-state index contributed by atoms with van der Waals surface area (Å²) < 4.78 is 0. The Bertz CT molecular complexity index is 281. The molecule has 2 N–H and O–H groups in total. The number of aromatic amines is 1. The molecule has 0 spiro atoms. The number of rotatable bonds is 0. The van der Waals surface area contributed by atoms with Crippen LogP contribution in [0.15, 0.2) is 18.5 Å². The molecule has 0 bridgehead atoms. The predicted octanol–water partition coefficient (Wildman–Crippen LogP) is 1.41. The lowest BCUT2D eigenvalue weighted by Crippen LogP contribution is -1.85. The van der Waals surface area contributed by atoms with Gasteiger partial charge in [0.2, 0.25) is 0 Å². The van der Waals surface area contributed by atoms with Crippen LogP contribution in [0.3, 0.4) is 0 Å². The van der Waals surface area contributed by atoms with Gasteiger partial charge in [-0.05, 0) is 6.08 Å². The number of hydrogen-bond acceptors (Lipinski definition) is 1. The highest BCUT2D eigenvalue weighted by Crippen LogP contribution is 2.17. The summed E-state index contributed by atoms with van der Waals surface area (Å²) in [6, 6.07) is 0. The summed E-state index contributed by atoms with van der Waals surface area (Å²) >= 11 is 0. The molecule has 0 atom stereocenters. The van der Waals surface area contributed by atoms with E-state index >= 15 is 0 Å². The smallest absolute Gasteiger partial charge is 0.0633 e. The first-order chi connectivity index (χ1) is 4.38. The van der Waals surface area contributed by atoms with Gasteiger partial charge in [0.15, 0.2) is 0 Å². The van der Waals surface area contributed by atoms with Crippen molar-refractivity contribution in [1.82, 2.24) is 4.98 Å². The molecule has 2 heteroatoms. The van der Waals surface area contributed by atoms with Crippen LogP contribution >= 0.6 is 0 Å². The predicted molar refractivity (Wildman–Crippen MR) is 36.7 cm³/mol. The highest BCUT2D eigenvalue weighted by atomic mass is 14.7. The van der Waals surface area contributed by atoms with Crippen LogP contribution in [0.1, 0.15) is 11.1 Å². The van der Waals surface area contributed by atoms with E-state index in [0.717, 1.165) is 11.1 Å². The second kappa shape index (κ2) is 1.35. The first-order valence-electron chi connectivity index (χ1n) is 2.82. The molecule has 0 aromatic carbocycles. The van der Waals surface area contributed by atoms with Crippen LogP contribution < -0.4 is 0 Å². The summed E-state index contributed by atoms with van der Waals surface area (Å²) in [6.07, 6.45) is 7.48. The minimum atomic E-state index is 0.603. The van der Waals surface area contributed by atoms with E-state index in [0.29, 0.717) is 5.71 Å². The van der Waals surface area contributed by atoms with Gasteiger partial charge in [0, 0.05) is 23.5 Å². The van der Waals surface area contributed by atoms with E-state index in [1.165, 1.54) is 0 Å². The molecule has 0 amide bonds. The Labute approximate surface area is 52.7 Å². The van der Waals surface area contributed by atoms with Crippen LogP contribution in [0.5, 0.6) is 0 Å². The fourth-order valence-electron chi connectivity index (χ4n) is 1.01. The van der Waals surface area contributed by atoms with E-state index in [1.807, 2.05) is 18.5 Å². The van der Waals surface area contributed by atoms with E-state index in [9.17, 15) is 0 Å². The Morgan fingerprint density at radius 3 is 2.89 bits per heavy atom. The van der Waals surface area contributed by atoms with Gasteiger partial charge in [-0.2, -0.15) is 0 Å². The van der Waals surface area contributed by atoms with Crippen molar-refractivity contribution in [2.75, 3.05) is 0 Å². The topological polar surface area (TPSA) is 39.6 Å². The number of H-pyrrole nitrogens is 1. The molecule has 1 heterocycles. The second-order valence-electron chi connectivity index (χ2n) is 2.07. The Kier molecular flexibility index (Phi) is 0.681. The zero-order valence-electron chi connectivity index (χ0n) is 4.81. The number of hydrogen-bond donors (Lipinski definition) is 2. The zero-order chi connectivity index (χ0) is 6.27. The van der Waals surface area contributed by atoms with Crippen LogP contribution in [-0.4, -0.2) is 10.7 Å². The van der Waals surface area contributed by atoms with E-state index in [1.54, 1.807) is 6.08 Å². The van der Waals surface area contributed by atoms with Crippen LogP contribution in [0, 0.1) is 5.41 Å². The summed E-state index contributed by atoms with van der Waals surface area (Å²) in [6.45, 7) is 0. The summed E-state index contributed by atoms with van der Waals surface area (Å²) in [4.78, 5) is 2.94. The lowest BCUT2D eigenvalue weighted by molar-refractivity contribution is 1.40. The minimum absolute atomic E-state index is 0.603. The van der Waals surface area contributed by atoms with Crippen molar-refractivity contribution in [3.63, 3.8) is 0 Å². The summed E-state index contributed by atoms with van der Waals surface area (Å²) in [5, 5.41) is 7.34. The normalized spacial score (nSPS) is 14.4. The van der Waals surface area contributed by atoms with Crippen molar-refractivity contribution >= 4 is 11.8 Å². The van der Waals surface area contributed by atoms with Crippen LogP contribution in [0.4, 0.5) is 0 Å². The molecule has 0 aliphatic heterocycles. The van der Waals surface area contributed by atoms with Gasteiger partial charge in [-0.3, -0.25) is 0 Å². The van der Waals surface area contributed by atoms with Crippen LogP contribution in [0.25, 0.3) is 6.08 Å². The van der Waals surface area contributed by atoms with Gasteiger partial charge in [-0.25, -0.2) is 0 Å². The molecule has 9 heavy (non-hydrogen) atoms. The van der Waals surface area contributed by atoms with Crippen molar-refractivity contribution < 1.29 is 0 Å². The highest BCUT2D eigenvalue weighted by Gasteiger charge is 2.08. The van der Waals surface area contributed by atoms with Crippen LogP contribution in [-0.2, 0) is 0 Å². The molecule has 0 unspecified atom stereocenters. The zero-order valence-corrected chi connectivity index (χ0v) is 4.81. The van der Waals surface area contributed by atoms with Crippen molar-refractivity contribution in [2.24, 2.45) is 0 Å². The molecule has 44 valence electrons. The fraction of sp³-hybridized carbons (Fsp3) is 0. The van der Waals surface area contributed by atoms with Gasteiger partial charge >= 0.3 is 0 Å². The molecule has 1 aliphatic carbocycles. The Morgan fingerprint density at radius 1 is 1.22 bits per heavy atom. The van der Waals surface area contributed by atoms with Crippen molar-refractivity contribution in [1.29, 1.82) is 5.41 Å². The summed E-state index contributed by atoms with van der Waals surface area (Å²) in [5.74, 6) is 0. The Balaban J connectivity index is 2.73. The number of allylic oxidation sites excluding steroid dienone is 1. The Morgan fingerprint density at radius 2 is 2.11 bits per heavy atom. The quantitative estimate of drug-likeness (QED) is 0.517. The van der Waals surface area contributed by atoms with Gasteiger partial charge in [0.1, 0.15) is 0 Å². The van der Waals surface area contributed by atoms with Gasteiger partial charge in [-0.1, -0.05) is 6.08 Å². The maximum absolute atomic E-state index is 7.34. The molecular formula is C7H6N2. The van der Waals surface area contributed by atoms with Crippen molar-refractivity contribution in [3.05, 3.63) is 29.6 Å². The number of nitrogens with one attached hydrogen (secondary N) is 2. The van der Waals surface area contributed by atoms with Crippen molar-refractivity contribution in [2.45, 2.75) is 0 Å². The molecule has 2 rings (SSSR count). The first-order valence-corrected chi connectivity index (χ1v) is 2.82. The molecule has 1 aromatic heterocycles. The average Bonchev–Trinajstić information content (AvgIpc) is 2.35. The lowest BCUT2D eigenvalue weighted by Gasteiger charge is -1.83. The van der Waals surface area contributed by atoms with Crippen molar-refractivity contribution in [3.8, 4) is 0 Å². The minimum Gasteiger partial charge on any atom is -0.366 e. The molecule has 2 nitrogen and oxygen atoms in total. The maximum Gasteiger partial charge on any atom is 0.0633 e. The lowest BCUT2D eigenvalue weighted by atomic mass is 10.2. The molecule has 1 aliphatic rings. The SMILES string of the molecule is N=C1C=Cc2c[nH]cc21. The molecule has 0 saturated heterocycles. The Hall–Kier alpha value is -1.31. The summed E-state index contributed by atoms with van der Waals surface area (Å²) in [7, 11) is 0. The van der Waals surface area contributed by atoms with Gasteiger partial charge in [0.05, 0.1) is 5.71 Å². The third kappa shape index (κ3) is 0.470. The van der Waals surface area contributed by atoms with Gasteiger partial charge in [0.25, 0.3) is 0 Å². The third-order valence-electron chi connectivity index (χ3n) is 1.50. The molecular weight excluding hydrogens is 112 g/mol. The van der Waals surface area contributed by atoms with Gasteiger partial charge < -0.3 is 10.4 Å².